The quantitative estimate of drug-likeness (QED) is 0.241. The van der Waals surface area contributed by atoms with Crippen molar-refractivity contribution >= 4 is 34.3 Å². The summed E-state index contributed by atoms with van der Waals surface area (Å²) in [5, 5.41) is 15.3. The Labute approximate surface area is 200 Å². The smallest absolute Gasteiger partial charge is 0.338 e. The van der Waals surface area contributed by atoms with E-state index in [0.717, 1.165) is 5.52 Å². The number of nitro benzene ring substituents is 1. The lowest BCUT2D eigenvalue weighted by molar-refractivity contribution is -0.385. The zero-order valence-electron chi connectivity index (χ0n) is 19.1. The van der Waals surface area contributed by atoms with Gasteiger partial charge in [-0.05, 0) is 55.0 Å². The molecule has 5 rings (SSSR count). The van der Waals surface area contributed by atoms with E-state index in [4.69, 9.17) is 14.5 Å². The van der Waals surface area contributed by atoms with Gasteiger partial charge in [-0.1, -0.05) is 24.3 Å². The van der Waals surface area contributed by atoms with E-state index in [0.29, 0.717) is 34.0 Å². The number of carbonyl (C=O) groups excluding carboxylic acids is 1. The zero-order valence-corrected chi connectivity index (χ0v) is 19.1. The Morgan fingerprint density at radius 1 is 1.09 bits per heavy atom. The maximum Gasteiger partial charge on any atom is 0.338 e. The van der Waals surface area contributed by atoms with Crippen molar-refractivity contribution in [2.75, 3.05) is 19.0 Å². The van der Waals surface area contributed by atoms with E-state index < -0.39 is 16.9 Å². The lowest BCUT2D eigenvalue weighted by atomic mass is 9.91. The van der Waals surface area contributed by atoms with Gasteiger partial charge in [-0.2, -0.15) is 0 Å². The third-order valence-electron chi connectivity index (χ3n) is 5.94. The molecular weight excluding hydrogens is 448 g/mol. The monoisotopic (exact) mass is 470 g/mol. The minimum Gasteiger partial charge on any atom is -0.497 e. The van der Waals surface area contributed by atoms with Gasteiger partial charge in [0.15, 0.2) is 0 Å². The van der Waals surface area contributed by atoms with E-state index in [1.54, 1.807) is 44.4 Å². The normalized spacial score (nSPS) is 14.9. The van der Waals surface area contributed by atoms with Gasteiger partial charge in [0.05, 0.1) is 46.5 Å². The number of nitro groups is 1. The van der Waals surface area contributed by atoms with Crippen LogP contribution in [0.5, 0.6) is 5.75 Å². The molecule has 0 unspecified atom stereocenters. The molecule has 0 aliphatic carbocycles. The average Bonchev–Trinajstić information content (AvgIpc) is 3.26. The summed E-state index contributed by atoms with van der Waals surface area (Å²) in [4.78, 5) is 29.8. The lowest BCUT2D eigenvalue weighted by Crippen LogP contribution is -2.29. The second-order valence-corrected chi connectivity index (χ2v) is 7.88. The first kappa shape index (κ1) is 22.1. The SMILES string of the molecule is CCOC(=O)C1=C(c2ccc(OC)cc2)Nc2nc3ccccc3n2[C@H]1c1ccccc1[N+](=O)[O-]. The highest BCUT2D eigenvalue weighted by molar-refractivity contribution is 6.03. The highest BCUT2D eigenvalue weighted by Crippen LogP contribution is 2.44. The van der Waals surface area contributed by atoms with Crippen LogP contribution in [0.1, 0.15) is 24.1 Å². The van der Waals surface area contributed by atoms with Gasteiger partial charge < -0.3 is 14.8 Å². The molecular formula is C26H22N4O5. The molecule has 1 aliphatic heterocycles. The summed E-state index contributed by atoms with van der Waals surface area (Å²) in [7, 11) is 1.57. The highest BCUT2D eigenvalue weighted by atomic mass is 16.6. The molecule has 1 N–H and O–H groups in total. The van der Waals surface area contributed by atoms with Crippen molar-refractivity contribution in [1.29, 1.82) is 0 Å². The molecule has 35 heavy (non-hydrogen) atoms. The topological polar surface area (TPSA) is 109 Å². The maximum atomic E-state index is 13.5. The Hall–Kier alpha value is -4.66. The standard InChI is InChI=1S/C26H22N4O5/c1-3-35-25(31)22-23(16-12-14-17(34-2)15-13-16)28-26-27-19-9-5-7-11-21(19)29(26)24(22)18-8-4-6-10-20(18)30(32)33/h4-15,24H,3H2,1-2H3,(H,27,28)/t24-/m0/s1. The predicted molar refractivity (Wildman–Crippen MR) is 131 cm³/mol. The minimum absolute atomic E-state index is 0.0981. The molecule has 2 heterocycles. The molecule has 0 saturated heterocycles. The van der Waals surface area contributed by atoms with Gasteiger partial charge in [-0.15, -0.1) is 0 Å². The van der Waals surface area contributed by atoms with E-state index in [1.807, 2.05) is 41.0 Å². The summed E-state index contributed by atoms with van der Waals surface area (Å²) < 4.78 is 12.6. The summed E-state index contributed by atoms with van der Waals surface area (Å²) in [5.41, 5.74) is 3.10. The first-order valence-corrected chi connectivity index (χ1v) is 11.1. The Balaban J connectivity index is 1.85. The van der Waals surface area contributed by atoms with Crippen LogP contribution in [0.3, 0.4) is 0 Å². The number of rotatable bonds is 6. The van der Waals surface area contributed by atoms with Gasteiger partial charge in [0, 0.05) is 6.07 Å². The number of fused-ring (bicyclic) bond motifs is 3. The summed E-state index contributed by atoms with van der Waals surface area (Å²) in [5.74, 6) is 0.552. The number of para-hydroxylation sites is 3. The summed E-state index contributed by atoms with van der Waals surface area (Å²) in [6, 6.07) is 20.2. The molecule has 1 atom stereocenters. The van der Waals surface area contributed by atoms with Crippen LogP contribution in [0.15, 0.2) is 78.4 Å². The van der Waals surface area contributed by atoms with Crippen LogP contribution in [0, 0.1) is 10.1 Å². The van der Waals surface area contributed by atoms with Crippen LogP contribution >= 0.6 is 0 Å². The van der Waals surface area contributed by atoms with Crippen LogP contribution in [-0.2, 0) is 9.53 Å². The number of nitrogens with zero attached hydrogens (tertiary/aromatic N) is 3. The average molecular weight is 470 g/mol. The molecule has 0 fully saturated rings. The number of nitrogens with one attached hydrogen (secondary N) is 1. The lowest BCUT2D eigenvalue weighted by Gasteiger charge is -2.31. The number of hydrogen-bond donors (Lipinski definition) is 1. The van der Waals surface area contributed by atoms with Crippen LogP contribution in [0.4, 0.5) is 11.6 Å². The maximum absolute atomic E-state index is 13.5. The molecule has 0 spiro atoms. The van der Waals surface area contributed by atoms with Crippen molar-refractivity contribution < 1.29 is 19.2 Å². The first-order valence-electron chi connectivity index (χ1n) is 11.1. The number of methoxy groups -OCH3 is 1. The van der Waals surface area contributed by atoms with E-state index in [9.17, 15) is 14.9 Å². The molecule has 0 radical (unpaired) electrons. The van der Waals surface area contributed by atoms with Crippen molar-refractivity contribution in [1.82, 2.24) is 9.55 Å². The molecule has 9 nitrogen and oxygen atoms in total. The van der Waals surface area contributed by atoms with E-state index in [1.165, 1.54) is 6.07 Å². The first-order chi connectivity index (χ1) is 17.0. The van der Waals surface area contributed by atoms with Crippen LogP contribution in [0.25, 0.3) is 16.7 Å². The van der Waals surface area contributed by atoms with Crippen LogP contribution in [0.2, 0.25) is 0 Å². The van der Waals surface area contributed by atoms with Gasteiger partial charge in [-0.3, -0.25) is 14.7 Å². The van der Waals surface area contributed by atoms with Crippen LogP contribution in [-0.4, -0.2) is 34.2 Å². The van der Waals surface area contributed by atoms with Crippen molar-refractivity contribution in [3.63, 3.8) is 0 Å². The third-order valence-corrected chi connectivity index (χ3v) is 5.94. The number of hydrogen-bond acceptors (Lipinski definition) is 7. The fourth-order valence-corrected chi connectivity index (χ4v) is 4.43. The van der Waals surface area contributed by atoms with Crippen molar-refractivity contribution in [2.24, 2.45) is 0 Å². The second-order valence-electron chi connectivity index (χ2n) is 7.88. The van der Waals surface area contributed by atoms with E-state index in [2.05, 4.69) is 5.32 Å². The zero-order chi connectivity index (χ0) is 24.5. The minimum atomic E-state index is -0.851. The largest absolute Gasteiger partial charge is 0.497 e. The fraction of sp³-hybridized carbons (Fsp3) is 0.154. The molecule has 176 valence electrons. The van der Waals surface area contributed by atoms with E-state index in [-0.39, 0.29) is 17.9 Å². The molecule has 4 aromatic rings. The molecule has 0 bridgehead atoms. The number of aromatic nitrogens is 2. The Kier molecular flexibility index (Phi) is 5.66. The van der Waals surface area contributed by atoms with Crippen LogP contribution < -0.4 is 10.1 Å². The van der Waals surface area contributed by atoms with Gasteiger partial charge in [0.1, 0.15) is 11.8 Å². The van der Waals surface area contributed by atoms with Gasteiger partial charge >= 0.3 is 5.97 Å². The van der Waals surface area contributed by atoms with Crippen molar-refractivity contribution in [3.05, 3.63) is 99.6 Å². The molecule has 0 saturated carbocycles. The molecule has 0 amide bonds. The van der Waals surface area contributed by atoms with Gasteiger partial charge in [0.25, 0.3) is 5.69 Å². The van der Waals surface area contributed by atoms with Gasteiger partial charge in [0.2, 0.25) is 5.95 Å². The van der Waals surface area contributed by atoms with Crippen molar-refractivity contribution in [2.45, 2.75) is 13.0 Å². The molecule has 9 heteroatoms. The summed E-state index contributed by atoms with van der Waals surface area (Å²) in [6.07, 6.45) is 0. The number of imidazole rings is 1. The number of anilines is 1. The Bertz CT molecular complexity index is 1470. The molecule has 1 aliphatic rings. The number of benzene rings is 3. The number of esters is 1. The highest BCUT2D eigenvalue weighted by Gasteiger charge is 2.39. The van der Waals surface area contributed by atoms with Crippen molar-refractivity contribution in [3.8, 4) is 5.75 Å². The Morgan fingerprint density at radius 2 is 1.80 bits per heavy atom. The third kappa shape index (κ3) is 3.76. The predicted octanol–water partition coefficient (Wildman–Crippen LogP) is 4.94. The number of carbonyl (C=O) groups is 1. The summed E-state index contributed by atoms with van der Waals surface area (Å²) >= 11 is 0. The number of ether oxygens (including phenoxy) is 2. The Morgan fingerprint density at radius 3 is 2.51 bits per heavy atom. The molecule has 3 aromatic carbocycles. The second kappa shape index (κ2) is 8.94. The molecule has 1 aromatic heterocycles. The van der Waals surface area contributed by atoms with Gasteiger partial charge in [-0.25, -0.2) is 9.78 Å². The van der Waals surface area contributed by atoms with E-state index >= 15 is 0 Å². The fourth-order valence-electron chi connectivity index (χ4n) is 4.43. The summed E-state index contributed by atoms with van der Waals surface area (Å²) in [6.45, 7) is 1.87.